The van der Waals surface area contributed by atoms with Gasteiger partial charge < -0.3 is 4.74 Å². The molecule has 2 aromatic rings. The molecule has 0 saturated heterocycles. The van der Waals surface area contributed by atoms with Gasteiger partial charge in [-0.3, -0.25) is 15.2 Å². The zero-order valence-corrected chi connectivity index (χ0v) is 9.41. The van der Waals surface area contributed by atoms with E-state index in [1.807, 2.05) is 0 Å². The smallest absolute Gasteiger partial charge is 0.371 e. The largest absolute Gasteiger partial charge is 0.422 e. The van der Waals surface area contributed by atoms with Gasteiger partial charge in [0.1, 0.15) is 11.4 Å². The van der Waals surface area contributed by atoms with Gasteiger partial charge in [-0.15, -0.1) is 0 Å². The summed E-state index contributed by atoms with van der Waals surface area (Å²) >= 11 is 0. The van der Waals surface area contributed by atoms with Crippen molar-refractivity contribution in [3.8, 4) is 5.75 Å². The van der Waals surface area contributed by atoms with Crippen LogP contribution in [0.2, 0.25) is 0 Å². The Balaban J connectivity index is 2.27. The monoisotopic (exact) mass is 247 g/mol. The molecule has 0 spiro atoms. The molecule has 1 N–H and O–H groups in total. The van der Waals surface area contributed by atoms with Crippen molar-refractivity contribution in [1.29, 1.82) is 0 Å². The maximum atomic E-state index is 11.7. The lowest BCUT2D eigenvalue weighted by atomic mass is 10.3. The number of aryl methyl sites for hydroxylation is 1. The van der Waals surface area contributed by atoms with E-state index in [9.17, 15) is 14.9 Å². The van der Waals surface area contributed by atoms with Crippen LogP contribution in [0.25, 0.3) is 0 Å². The fraction of sp³-hybridized carbons (Fsp3) is 0.0909. The molecule has 0 aliphatic heterocycles. The SMILES string of the molecule is Cc1[nH]nc(C(=O)Oc2ccccc2)c1[N+](=O)[O-]. The summed E-state index contributed by atoms with van der Waals surface area (Å²) in [7, 11) is 0. The Kier molecular flexibility index (Phi) is 3.05. The lowest BCUT2D eigenvalue weighted by Gasteiger charge is -2.00. The lowest BCUT2D eigenvalue weighted by Crippen LogP contribution is -2.11. The molecule has 0 radical (unpaired) electrons. The standard InChI is InChI=1S/C11H9N3O4/c1-7-10(14(16)17)9(13-12-7)11(15)18-8-5-3-2-4-6-8/h2-6H,1H3,(H,12,13). The van der Waals surface area contributed by atoms with Crippen LogP contribution < -0.4 is 4.74 Å². The number of nitrogens with zero attached hydrogens (tertiary/aromatic N) is 2. The van der Waals surface area contributed by atoms with Gasteiger partial charge in [0, 0.05) is 0 Å². The first-order valence-electron chi connectivity index (χ1n) is 5.06. The number of para-hydroxylation sites is 1. The topological polar surface area (TPSA) is 98.1 Å². The molecule has 0 fully saturated rings. The van der Waals surface area contributed by atoms with Crippen LogP contribution in [0.4, 0.5) is 5.69 Å². The summed E-state index contributed by atoms with van der Waals surface area (Å²) in [5.41, 5.74) is -0.489. The number of H-pyrrole nitrogens is 1. The predicted octanol–water partition coefficient (Wildman–Crippen LogP) is 1.85. The second-order valence-corrected chi connectivity index (χ2v) is 3.51. The highest BCUT2D eigenvalue weighted by molar-refractivity contribution is 5.93. The number of esters is 1. The quantitative estimate of drug-likeness (QED) is 0.386. The number of nitro groups is 1. The van der Waals surface area contributed by atoms with Crippen molar-refractivity contribution in [2.45, 2.75) is 6.92 Å². The Labute approximate surface area is 102 Å². The highest BCUT2D eigenvalue weighted by Gasteiger charge is 2.28. The van der Waals surface area contributed by atoms with Gasteiger partial charge >= 0.3 is 11.7 Å². The van der Waals surface area contributed by atoms with E-state index in [1.165, 1.54) is 6.92 Å². The summed E-state index contributed by atoms with van der Waals surface area (Å²) in [5, 5.41) is 16.8. The van der Waals surface area contributed by atoms with Crippen LogP contribution in [0.3, 0.4) is 0 Å². The normalized spacial score (nSPS) is 10.1. The third-order valence-electron chi connectivity index (χ3n) is 2.24. The Morgan fingerprint density at radius 1 is 1.39 bits per heavy atom. The molecule has 2 rings (SSSR count). The summed E-state index contributed by atoms with van der Waals surface area (Å²) in [5.74, 6) is -0.560. The molecule has 1 aromatic carbocycles. The number of carbonyl (C=O) groups excluding carboxylic acids is 1. The van der Waals surface area contributed by atoms with E-state index in [0.717, 1.165) is 0 Å². The third kappa shape index (κ3) is 2.19. The number of ether oxygens (including phenoxy) is 1. The van der Waals surface area contributed by atoms with Crippen LogP contribution in [0.5, 0.6) is 5.75 Å². The zero-order valence-electron chi connectivity index (χ0n) is 9.41. The van der Waals surface area contributed by atoms with Crippen LogP contribution in [-0.4, -0.2) is 21.1 Å². The van der Waals surface area contributed by atoms with Crippen LogP contribution in [0, 0.1) is 17.0 Å². The number of hydrogen-bond acceptors (Lipinski definition) is 5. The van der Waals surface area contributed by atoms with E-state index in [1.54, 1.807) is 30.3 Å². The van der Waals surface area contributed by atoms with Crippen LogP contribution in [0.1, 0.15) is 16.2 Å². The highest BCUT2D eigenvalue weighted by Crippen LogP contribution is 2.21. The van der Waals surface area contributed by atoms with Gasteiger partial charge in [0.25, 0.3) is 0 Å². The first-order valence-corrected chi connectivity index (χ1v) is 5.06. The maximum absolute atomic E-state index is 11.7. The van der Waals surface area contributed by atoms with Crippen molar-refractivity contribution in [3.63, 3.8) is 0 Å². The molecule has 0 unspecified atom stereocenters. The Hall–Kier alpha value is -2.70. The molecule has 1 aromatic heterocycles. The van der Waals surface area contributed by atoms with Crippen LogP contribution >= 0.6 is 0 Å². The average Bonchev–Trinajstić information content (AvgIpc) is 2.72. The second-order valence-electron chi connectivity index (χ2n) is 3.51. The second kappa shape index (κ2) is 4.66. The van der Waals surface area contributed by atoms with Crippen molar-refractivity contribution in [3.05, 3.63) is 51.8 Å². The first kappa shape index (κ1) is 11.8. The molecule has 0 bridgehead atoms. The molecular weight excluding hydrogens is 238 g/mol. The molecule has 0 saturated carbocycles. The number of aromatic nitrogens is 2. The van der Waals surface area contributed by atoms with E-state index >= 15 is 0 Å². The minimum atomic E-state index is -0.864. The van der Waals surface area contributed by atoms with E-state index in [0.29, 0.717) is 5.75 Å². The van der Waals surface area contributed by atoms with Gasteiger partial charge in [-0.2, -0.15) is 5.10 Å². The van der Waals surface area contributed by atoms with Crippen molar-refractivity contribution < 1.29 is 14.5 Å². The Morgan fingerprint density at radius 2 is 2.06 bits per heavy atom. The maximum Gasteiger partial charge on any atom is 0.371 e. The van der Waals surface area contributed by atoms with Gasteiger partial charge in [-0.05, 0) is 19.1 Å². The minimum absolute atomic E-state index is 0.208. The molecule has 1 heterocycles. The average molecular weight is 247 g/mol. The summed E-state index contributed by atoms with van der Waals surface area (Å²) in [6.45, 7) is 1.46. The Morgan fingerprint density at radius 3 is 2.67 bits per heavy atom. The predicted molar refractivity (Wildman–Crippen MR) is 61.4 cm³/mol. The van der Waals surface area contributed by atoms with Gasteiger partial charge in [0.05, 0.1) is 4.92 Å². The number of rotatable bonds is 3. The van der Waals surface area contributed by atoms with Crippen LogP contribution in [0.15, 0.2) is 30.3 Å². The van der Waals surface area contributed by atoms with E-state index in [4.69, 9.17) is 4.74 Å². The van der Waals surface area contributed by atoms with Crippen molar-refractivity contribution in [2.24, 2.45) is 0 Å². The summed E-state index contributed by atoms with van der Waals surface area (Å²) in [6.07, 6.45) is 0. The number of nitrogens with one attached hydrogen (secondary N) is 1. The molecule has 0 atom stereocenters. The number of hydrogen-bond donors (Lipinski definition) is 1. The van der Waals surface area contributed by atoms with Gasteiger partial charge in [0.2, 0.25) is 5.69 Å². The molecule has 0 amide bonds. The minimum Gasteiger partial charge on any atom is -0.422 e. The Bertz CT molecular complexity index is 592. The highest BCUT2D eigenvalue weighted by atomic mass is 16.6. The lowest BCUT2D eigenvalue weighted by molar-refractivity contribution is -0.385. The van der Waals surface area contributed by atoms with E-state index < -0.39 is 10.9 Å². The fourth-order valence-electron chi connectivity index (χ4n) is 1.43. The van der Waals surface area contributed by atoms with Gasteiger partial charge in [-0.25, -0.2) is 4.79 Å². The number of aromatic amines is 1. The van der Waals surface area contributed by atoms with E-state index in [-0.39, 0.29) is 17.1 Å². The van der Waals surface area contributed by atoms with Crippen LogP contribution in [-0.2, 0) is 0 Å². The molecule has 92 valence electrons. The molecule has 7 heteroatoms. The molecular formula is C11H9N3O4. The molecule has 0 aliphatic carbocycles. The summed E-state index contributed by atoms with van der Waals surface area (Å²) < 4.78 is 4.98. The third-order valence-corrected chi connectivity index (χ3v) is 2.24. The van der Waals surface area contributed by atoms with Gasteiger partial charge in [0.15, 0.2) is 0 Å². The van der Waals surface area contributed by atoms with Crippen molar-refractivity contribution >= 4 is 11.7 Å². The summed E-state index contributed by atoms with van der Waals surface area (Å²) in [6, 6.07) is 8.28. The van der Waals surface area contributed by atoms with Crippen molar-refractivity contribution in [1.82, 2.24) is 10.2 Å². The molecule has 0 aliphatic rings. The zero-order chi connectivity index (χ0) is 13.1. The van der Waals surface area contributed by atoms with Crippen molar-refractivity contribution in [2.75, 3.05) is 0 Å². The van der Waals surface area contributed by atoms with Gasteiger partial charge in [-0.1, -0.05) is 18.2 Å². The summed E-state index contributed by atoms with van der Waals surface area (Å²) in [4.78, 5) is 21.9. The van der Waals surface area contributed by atoms with E-state index in [2.05, 4.69) is 10.2 Å². The first-order chi connectivity index (χ1) is 8.59. The molecule has 7 nitrogen and oxygen atoms in total. The molecule has 18 heavy (non-hydrogen) atoms. The number of benzene rings is 1. The number of carbonyl (C=O) groups is 1. The fourth-order valence-corrected chi connectivity index (χ4v) is 1.43.